The number of carbonyl (C=O) groups excluding carboxylic acids is 1. The third-order valence-electron chi connectivity index (χ3n) is 5.32. The van der Waals surface area contributed by atoms with E-state index in [2.05, 4.69) is 25.5 Å². The van der Waals surface area contributed by atoms with Gasteiger partial charge in [-0.1, -0.05) is 0 Å². The van der Waals surface area contributed by atoms with Gasteiger partial charge in [-0.2, -0.15) is 18.3 Å². The summed E-state index contributed by atoms with van der Waals surface area (Å²) in [4.78, 5) is 22.9. The highest BCUT2D eigenvalue weighted by molar-refractivity contribution is 6.06. The number of halogens is 3. The zero-order valence-corrected chi connectivity index (χ0v) is 17.3. The number of nitrogen functional groups attached to an aromatic ring is 1. The third kappa shape index (κ3) is 3.81. The Morgan fingerprint density at radius 3 is 2.59 bits per heavy atom. The molecule has 1 aliphatic heterocycles. The number of β-amino-alcohol motifs (C(OH)–C–C–N with tert-alkyl or cyclic N) is 1. The summed E-state index contributed by atoms with van der Waals surface area (Å²) in [5, 5.41) is 20.9. The number of nitrogens with two attached hydrogens (primary N) is 1. The van der Waals surface area contributed by atoms with Crippen LogP contribution in [0.15, 0.2) is 55.0 Å². The molecule has 5 rings (SSSR count). The Hall–Kier alpha value is -4.39. The van der Waals surface area contributed by atoms with Gasteiger partial charge in [0.2, 0.25) is 0 Å². The van der Waals surface area contributed by atoms with Crippen LogP contribution in [0, 0.1) is 0 Å². The third-order valence-corrected chi connectivity index (χ3v) is 5.32. The standard InChI is InChI=1S/C21H17F3N8O2/c22-21(23,24)11-5-15(9-26-7-11)31-10-17(33)32(20(31)34)14-3-1-12(2-4-14)28-13-6-16-18(25)29-30-19(16)27-8-13/h1-9,17,28,33H,10H2,(H3,25,27,29,30). The van der Waals surface area contributed by atoms with E-state index >= 15 is 0 Å². The number of nitrogens with one attached hydrogen (secondary N) is 2. The molecule has 1 atom stereocenters. The molecule has 1 aliphatic rings. The number of alkyl halides is 3. The van der Waals surface area contributed by atoms with Crippen LogP contribution in [0.25, 0.3) is 11.0 Å². The molecule has 174 valence electrons. The fourth-order valence-electron chi connectivity index (χ4n) is 3.67. The Morgan fingerprint density at radius 1 is 1.09 bits per heavy atom. The van der Waals surface area contributed by atoms with Crippen molar-refractivity contribution in [2.24, 2.45) is 0 Å². The number of rotatable bonds is 4. The number of aliphatic hydroxyl groups excluding tert-OH is 1. The molecule has 4 heterocycles. The topological polar surface area (TPSA) is 136 Å². The minimum atomic E-state index is -4.60. The zero-order valence-electron chi connectivity index (χ0n) is 17.3. The van der Waals surface area contributed by atoms with Crippen molar-refractivity contribution in [3.05, 3.63) is 60.6 Å². The van der Waals surface area contributed by atoms with Crippen LogP contribution in [0.3, 0.4) is 0 Å². The van der Waals surface area contributed by atoms with Crippen LogP contribution in [-0.4, -0.2) is 44.1 Å². The van der Waals surface area contributed by atoms with Gasteiger partial charge in [-0.15, -0.1) is 0 Å². The van der Waals surface area contributed by atoms with Gasteiger partial charge in [0.1, 0.15) is 5.82 Å². The normalized spacial score (nSPS) is 16.5. The fraction of sp³-hybridized carbons (Fsp3) is 0.143. The Bertz CT molecular complexity index is 1370. The molecule has 4 aromatic rings. The Kier molecular flexibility index (Phi) is 4.97. The number of benzene rings is 1. The second kappa shape index (κ2) is 7.88. The molecule has 3 aromatic heterocycles. The van der Waals surface area contributed by atoms with Crippen LogP contribution in [0.2, 0.25) is 0 Å². The van der Waals surface area contributed by atoms with Gasteiger partial charge >= 0.3 is 12.2 Å². The van der Waals surface area contributed by atoms with Gasteiger partial charge in [-0.3, -0.25) is 19.9 Å². The van der Waals surface area contributed by atoms with Gasteiger partial charge in [0.25, 0.3) is 0 Å². The molecule has 0 aliphatic carbocycles. The van der Waals surface area contributed by atoms with Crippen LogP contribution >= 0.6 is 0 Å². The minimum Gasteiger partial charge on any atom is -0.384 e. The van der Waals surface area contributed by atoms with Crippen molar-refractivity contribution in [2.45, 2.75) is 12.4 Å². The van der Waals surface area contributed by atoms with E-state index in [1.165, 1.54) is 0 Å². The van der Waals surface area contributed by atoms with Gasteiger partial charge in [0.15, 0.2) is 11.9 Å². The molecular weight excluding hydrogens is 453 g/mol. The highest BCUT2D eigenvalue weighted by atomic mass is 19.4. The smallest absolute Gasteiger partial charge is 0.384 e. The highest BCUT2D eigenvalue weighted by Gasteiger charge is 2.39. The molecule has 1 aromatic carbocycles. The van der Waals surface area contributed by atoms with Gasteiger partial charge < -0.3 is 16.2 Å². The molecule has 2 amide bonds. The average molecular weight is 470 g/mol. The predicted molar refractivity (Wildman–Crippen MR) is 118 cm³/mol. The lowest BCUT2D eigenvalue weighted by Crippen LogP contribution is -2.35. The summed E-state index contributed by atoms with van der Waals surface area (Å²) < 4.78 is 39.1. The molecule has 0 spiro atoms. The first-order valence-corrected chi connectivity index (χ1v) is 9.98. The lowest BCUT2D eigenvalue weighted by atomic mass is 10.2. The van der Waals surface area contributed by atoms with Crippen LogP contribution in [-0.2, 0) is 6.18 Å². The van der Waals surface area contributed by atoms with Gasteiger partial charge in [-0.25, -0.2) is 9.78 Å². The number of fused-ring (bicyclic) bond motifs is 1. The second-order valence-electron chi connectivity index (χ2n) is 7.58. The van der Waals surface area contributed by atoms with Crippen molar-refractivity contribution in [1.29, 1.82) is 0 Å². The quantitative estimate of drug-likeness (QED) is 0.359. The van der Waals surface area contributed by atoms with E-state index in [1.807, 2.05) is 0 Å². The summed E-state index contributed by atoms with van der Waals surface area (Å²) in [5.41, 5.74) is 6.99. The van der Waals surface area contributed by atoms with Crippen molar-refractivity contribution in [3.63, 3.8) is 0 Å². The van der Waals surface area contributed by atoms with E-state index in [1.54, 1.807) is 36.5 Å². The number of hydrogen-bond donors (Lipinski definition) is 4. The van der Waals surface area contributed by atoms with Gasteiger partial charge in [0, 0.05) is 17.6 Å². The van der Waals surface area contributed by atoms with Crippen LogP contribution in [0.4, 0.5) is 46.5 Å². The maximum atomic E-state index is 13.0. The summed E-state index contributed by atoms with van der Waals surface area (Å²) in [6, 6.07) is 8.53. The molecule has 13 heteroatoms. The van der Waals surface area contributed by atoms with E-state index < -0.39 is 24.0 Å². The minimum absolute atomic E-state index is 0.0546. The number of urea groups is 1. The van der Waals surface area contributed by atoms with E-state index in [9.17, 15) is 23.1 Å². The van der Waals surface area contributed by atoms with Gasteiger partial charge in [0.05, 0.1) is 41.3 Å². The molecule has 5 N–H and O–H groups in total. The molecule has 0 bridgehead atoms. The number of hydrogen-bond acceptors (Lipinski definition) is 7. The van der Waals surface area contributed by atoms with Crippen molar-refractivity contribution in [3.8, 4) is 0 Å². The SMILES string of the molecule is Nc1[nH]nc2ncc(Nc3ccc(N4C(=O)N(c5cncc(C(F)(F)F)c5)CC4O)cc3)cc12. The fourth-order valence-corrected chi connectivity index (χ4v) is 3.67. The molecule has 1 saturated heterocycles. The van der Waals surface area contributed by atoms with Crippen molar-refractivity contribution < 1.29 is 23.1 Å². The maximum absolute atomic E-state index is 13.0. The average Bonchev–Trinajstić information content (AvgIpc) is 3.32. The number of pyridine rings is 2. The first-order chi connectivity index (χ1) is 16.2. The molecule has 1 fully saturated rings. The number of amides is 2. The molecule has 1 unspecified atom stereocenters. The maximum Gasteiger partial charge on any atom is 0.417 e. The van der Waals surface area contributed by atoms with E-state index in [-0.39, 0.29) is 12.2 Å². The number of aromatic amines is 1. The lowest BCUT2D eigenvalue weighted by Gasteiger charge is -2.20. The molecule has 10 nitrogen and oxygen atoms in total. The first-order valence-electron chi connectivity index (χ1n) is 9.98. The number of aliphatic hydroxyl groups is 1. The summed E-state index contributed by atoms with van der Waals surface area (Å²) in [5.74, 6) is 0.392. The Balaban J connectivity index is 1.34. The number of anilines is 5. The summed E-state index contributed by atoms with van der Waals surface area (Å²) in [7, 11) is 0. The molecule has 0 saturated carbocycles. The van der Waals surface area contributed by atoms with Crippen LogP contribution in [0.5, 0.6) is 0 Å². The largest absolute Gasteiger partial charge is 0.417 e. The zero-order chi connectivity index (χ0) is 24.0. The predicted octanol–water partition coefficient (Wildman–Crippen LogP) is 3.46. The monoisotopic (exact) mass is 470 g/mol. The summed E-state index contributed by atoms with van der Waals surface area (Å²) >= 11 is 0. The van der Waals surface area contributed by atoms with Crippen molar-refractivity contribution in [1.82, 2.24) is 20.2 Å². The number of H-pyrrole nitrogens is 1. The molecular formula is C21H17F3N8O2. The summed E-state index contributed by atoms with van der Waals surface area (Å²) in [6.45, 7) is -0.209. The van der Waals surface area contributed by atoms with E-state index in [0.29, 0.717) is 40.1 Å². The second-order valence-corrected chi connectivity index (χ2v) is 7.58. The number of carbonyl (C=O) groups is 1. The highest BCUT2D eigenvalue weighted by Crippen LogP contribution is 2.34. The number of aromatic nitrogens is 4. The van der Waals surface area contributed by atoms with Crippen molar-refractivity contribution in [2.75, 3.05) is 27.4 Å². The lowest BCUT2D eigenvalue weighted by molar-refractivity contribution is -0.137. The van der Waals surface area contributed by atoms with Crippen molar-refractivity contribution >= 4 is 45.6 Å². The van der Waals surface area contributed by atoms with Gasteiger partial charge in [-0.05, 0) is 36.4 Å². The summed E-state index contributed by atoms with van der Waals surface area (Å²) in [6.07, 6.45) is -2.44. The van der Waals surface area contributed by atoms with Crippen LogP contribution < -0.4 is 20.9 Å². The van der Waals surface area contributed by atoms with Crippen LogP contribution in [0.1, 0.15) is 5.56 Å². The van der Waals surface area contributed by atoms with E-state index in [0.717, 1.165) is 22.1 Å². The Labute approximate surface area is 189 Å². The Morgan fingerprint density at radius 2 is 1.85 bits per heavy atom. The van der Waals surface area contributed by atoms with E-state index in [4.69, 9.17) is 5.73 Å². The first kappa shape index (κ1) is 21.5. The number of nitrogens with zero attached hydrogens (tertiary/aromatic N) is 5. The molecule has 0 radical (unpaired) electrons. The molecule has 34 heavy (non-hydrogen) atoms.